The Morgan fingerprint density at radius 2 is 1.68 bits per heavy atom. The van der Waals surface area contributed by atoms with E-state index in [1.165, 1.54) is 32.4 Å². The van der Waals surface area contributed by atoms with Crippen molar-refractivity contribution < 1.29 is 27.8 Å². The molecule has 25 heavy (non-hydrogen) atoms. The number of aromatic carboxylic acids is 1. The monoisotopic (exact) mass is 364 g/mol. The molecular formula is C17H18NO6S-. The Morgan fingerprint density at radius 1 is 1.04 bits per heavy atom. The predicted octanol–water partition coefficient (Wildman–Crippen LogP) is 1.48. The van der Waals surface area contributed by atoms with Crippen LogP contribution in [-0.4, -0.2) is 28.6 Å². The maximum atomic E-state index is 12.7. The molecule has 0 radical (unpaired) electrons. The molecule has 0 atom stereocenters. The summed E-state index contributed by atoms with van der Waals surface area (Å²) in [6.45, 7) is 3.24. The van der Waals surface area contributed by atoms with Gasteiger partial charge in [-0.2, -0.15) is 0 Å². The molecule has 0 saturated heterocycles. The second-order valence-corrected chi connectivity index (χ2v) is 7.03. The molecule has 1 N–H and O–H groups in total. The lowest BCUT2D eigenvalue weighted by molar-refractivity contribution is -0.255. The Kier molecular flexibility index (Phi) is 5.22. The van der Waals surface area contributed by atoms with E-state index >= 15 is 0 Å². The molecule has 0 aliphatic heterocycles. The largest absolute Gasteiger partial charge is 0.545 e. The van der Waals surface area contributed by atoms with E-state index in [0.717, 1.165) is 6.07 Å². The summed E-state index contributed by atoms with van der Waals surface area (Å²) in [7, 11) is -1.10. The standard InChI is InChI=1S/C17H19NO6S/c1-10-7-12(17(19)20)8-16(11(10)2)25(21,22)18-13-5-6-14(23-3)15(9-13)24-4/h5-9,18H,1-4H3,(H,19,20)/p-1. The van der Waals surface area contributed by atoms with Gasteiger partial charge in [0.25, 0.3) is 10.0 Å². The van der Waals surface area contributed by atoms with Gasteiger partial charge in [-0.3, -0.25) is 4.72 Å². The highest BCUT2D eigenvalue weighted by Crippen LogP contribution is 2.31. The van der Waals surface area contributed by atoms with Gasteiger partial charge in [0.05, 0.1) is 30.8 Å². The van der Waals surface area contributed by atoms with Gasteiger partial charge in [0.2, 0.25) is 0 Å². The van der Waals surface area contributed by atoms with Crippen LogP contribution in [0, 0.1) is 13.8 Å². The summed E-state index contributed by atoms with van der Waals surface area (Å²) < 4.78 is 38.1. The number of benzene rings is 2. The fourth-order valence-corrected chi connectivity index (χ4v) is 3.73. The Bertz CT molecular complexity index is 921. The number of rotatable bonds is 6. The minimum absolute atomic E-state index is 0.124. The predicted molar refractivity (Wildman–Crippen MR) is 90.6 cm³/mol. The van der Waals surface area contributed by atoms with Crippen LogP contribution in [0.25, 0.3) is 0 Å². The highest BCUT2D eigenvalue weighted by molar-refractivity contribution is 7.92. The van der Waals surface area contributed by atoms with Gasteiger partial charge in [-0.1, -0.05) is 0 Å². The lowest BCUT2D eigenvalue weighted by Crippen LogP contribution is -2.23. The van der Waals surface area contributed by atoms with E-state index in [0.29, 0.717) is 22.6 Å². The maximum Gasteiger partial charge on any atom is 0.262 e. The number of hydrogen-bond donors (Lipinski definition) is 1. The normalized spacial score (nSPS) is 11.0. The maximum absolute atomic E-state index is 12.7. The molecule has 0 spiro atoms. The molecular weight excluding hydrogens is 346 g/mol. The quantitative estimate of drug-likeness (QED) is 0.832. The Labute approximate surface area is 146 Å². The van der Waals surface area contributed by atoms with Gasteiger partial charge < -0.3 is 19.4 Å². The molecule has 0 aromatic heterocycles. The van der Waals surface area contributed by atoms with Crippen molar-refractivity contribution in [1.82, 2.24) is 0 Å². The van der Waals surface area contributed by atoms with Crippen LogP contribution in [0.4, 0.5) is 5.69 Å². The molecule has 2 aromatic rings. The van der Waals surface area contributed by atoms with Crippen LogP contribution in [0.3, 0.4) is 0 Å². The molecule has 0 aliphatic carbocycles. The second kappa shape index (κ2) is 7.02. The first-order chi connectivity index (χ1) is 11.7. The van der Waals surface area contributed by atoms with E-state index in [1.807, 2.05) is 0 Å². The molecule has 0 unspecified atom stereocenters. The average Bonchev–Trinajstić information content (AvgIpc) is 2.56. The number of carbonyl (C=O) groups is 1. The van der Waals surface area contributed by atoms with Crippen LogP contribution in [0.2, 0.25) is 0 Å². The minimum atomic E-state index is -4.00. The van der Waals surface area contributed by atoms with Gasteiger partial charge >= 0.3 is 0 Å². The number of nitrogens with one attached hydrogen (secondary N) is 1. The third-order valence-corrected chi connectivity index (χ3v) is 5.29. The van der Waals surface area contributed by atoms with Crippen LogP contribution in [0.1, 0.15) is 21.5 Å². The molecule has 8 heteroatoms. The van der Waals surface area contributed by atoms with Crippen molar-refractivity contribution in [3.63, 3.8) is 0 Å². The lowest BCUT2D eigenvalue weighted by atomic mass is 10.1. The van der Waals surface area contributed by atoms with Crippen molar-refractivity contribution in [3.8, 4) is 11.5 Å². The highest BCUT2D eigenvalue weighted by atomic mass is 32.2. The van der Waals surface area contributed by atoms with Gasteiger partial charge in [-0.05, 0) is 54.8 Å². The number of carboxylic acids is 1. The Balaban J connectivity index is 2.48. The van der Waals surface area contributed by atoms with Gasteiger partial charge in [-0.15, -0.1) is 0 Å². The highest BCUT2D eigenvalue weighted by Gasteiger charge is 2.20. The van der Waals surface area contributed by atoms with E-state index in [1.54, 1.807) is 19.9 Å². The van der Waals surface area contributed by atoms with Crippen LogP contribution in [-0.2, 0) is 10.0 Å². The summed E-state index contributed by atoms with van der Waals surface area (Å²) in [5, 5.41) is 11.1. The molecule has 0 heterocycles. The molecule has 0 aliphatic rings. The first-order valence-electron chi connectivity index (χ1n) is 7.27. The SMILES string of the molecule is COc1ccc(NS(=O)(=O)c2cc(C(=O)[O-])cc(C)c2C)cc1OC. The number of carbonyl (C=O) groups excluding carboxylic acids is 1. The van der Waals surface area contributed by atoms with Crippen molar-refractivity contribution in [1.29, 1.82) is 0 Å². The fraction of sp³-hybridized carbons (Fsp3) is 0.235. The minimum Gasteiger partial charge on any atom is -0.545 e. The number of ether oxygens (including phenoxy) is 2. The number of hydrogen-bond acceptors (Lipinski definition) is 6. The summed E-state index contributed by atoms with van der Waals surface area (Å²) in [5.41, 5.74) is 1.05. The lowest BCUT2D eigenvalue weighted by Gasteiger charge is -2.15. The summed E-state index contributed by atoms with van der Waals surface area (Å²) in [5.74, 6) is -0.624. The van der Waals surface area contributed by atoms with E-state index in [2.05, 4.69) is 4.72 Å². The number of anilines is 1. The van der Waals surface area contributed by atoms with E-state index in [4.69, 9.17) is 9.47 Å². The van der Waals surface area contributed by atoms with E-state index < -0.39 is 16.0 Å². The molecule has 0 saturated carbocycles. The zero-order valence-electron chi connectivity index (χ0n) is 14.2. The first kappa shape index (κ1) is 18.6. The molecule has 0 amide bonds. The van der Waals surface area contributed by atoms with Gasteiger partial charge in [0.1, 0.15) is 0 Å². The van der Waals surface area contributed by atoms with Gasteiger partial charge in [-0.25, -0.2) is 8.42 Å². The average molecular weight is 364 g/mol. The van der Waals surface area contributed by atoms with Gasteiger partial charge in [0, 0.05) is 6.07 Å². The molecule has 7 nitrogen and oxygen atoms in total. The summed E-state index contributed by atoms with van der Waals surface area (Å²) in [6.07, 6.45) is 0. The third-order valence-electron chi connectivity index (χ3n) is 3.78. The van der Waals surface area contributed by atoms with Crippen molar-refractivity contribution in [2.75, 3.05) is 18.9 Å². The van der Waals surface area contributed by atoms with Crippen molar-refractivity contribution in [3.05, 3.63) is 47.0 Å². The third kappa shape index (κ3) is 3.85. The number of methoxy groups -OCH3 is 2. The van der Waals surface area contributed by atoms with Crippen LogP contribution >= 0.6 is 0 Å². The Morgan fingerprint density at radius 3 is 2.24 bits per heavy atom. The summed E-state index contributed by atoms with van der Waals surface area (Å²) in [4.78, 5) is 11.0. The second-order valence-electron chi connectivity index (χ2n) is 5.38. The van der Waals surface area contributed by atoms with E-state index in [9.17, 15) is 18.3 Å². The number of sulfonamides is 1. The zero-order valence-corrected chi connectivity index (χ0v) is 15.1. The Hall–Kier alpha value is -2.74. The molecule has 0 bridgehead atoms. The van der Waals surface area contributed by atoms with Crippen molar-refractivity contribution in [2.24, 2.45) is 0 Å². The van der Waals surface area contributed by atoms with Crippen LogP contribution in [0.15, 0.2) is 35.2 Å². The van der Waals surface area contributed by atoms with Crippen LogP contribution in [0.5, 0.6) is 11.5 Å². The summed E-state index contributed by atoms with van der Waals surface area (Å²) in [6, 6.07) is 7.01. The van der Waals surface area contributed by atoms with Crippen LogP contribution < -0.4 is 19.3 Å². The molecule has 2 aromatic carbocycles. The number of carboxylic acid groups (broad SMARTS) is 1. The van der Waals surface area contributed by atoms with Gasteiger partial charge in [0.15, 0.2) is 11.5 Å². The smallest absolute Gasteiger partial charge is 0.262 e. The first-order valence-corrected chi connectivity index (χ1v) is 8.75. The molecule has 2 rings (SSSR count). The van der Waals surface area contributed by atoms with Crippen molar-refractivity contribution in [2.45, 2.75) is 18.7 Å². The van der Waals surface area contributed by atoms with Crippen molar-refractivity contribution >= 4 is 21.7 Å². The fourth-order valence-electron chi connectivity index (χ4n) is 2.33. The zero-order chi connectivity index (χ0) is 18.8. The topological polar surface area (TPSA) is 105 Å². The molecule has 134 valence electrons. The number of aryl methyl sites for hydroxylation is 1. The molecule has 0 fully saturated rings. The summed E-state index contributed by atoms with van der Waals surface area (Å²) >= 11 is 0. The van der Waals surface area contributed by atoms with E-state index in [-0.39, 0.29) is 16.1 Å².